The summed E-state index contributed by atoms with van der Waals surface area (Å²) in [5, 5.41) is 14.1. The molecule has 21 heavy (non-hydrogen) atoms. The van der Waals surface area contributed by atoms with Crippen molar-refractivity contribution in [2.24, 2.45) is 0 Å². The van der Waals surface area contributed by atoms with E-state index in [9.17, 15) is 5.11 Å². The molecular weight excluding hydrogens is 264 g/mol. The molecule has 1 unspecified atom stereocenters. The molecule has 2 aromatic heterocycles. The van der Waals surface area contributed by atoms with Crippen LogP contribution in [0.1, 0.15) is 6.42 Å². The molecule has 0 saturated carbocycles. The normalized spacial score (nSPS) is 18.5. The standard InChI is InChI=1S/C16H16N4O/c21-13-7-9-19(11-13)16-10-14(12-4-2-1-3-5-12)18-15-6-8-17-20(15)16/h1-6,8,10,13,21H,7,9,11H2. The molecule has 5 nitrogen and oxygen atoms in total. The summed E-state index contributed by atoms with van der Waals surface area (Å²) in [6.07, 6.45) is 2.29. The zero-order valence-corrected chi connectivity index (χ0v) is 11.6. The molecule has 0 spiro atoms. The van der Waals surface area contributed by atoms with Gasteiger partial charge in [-0.25, -0.2) is 4.98 Å². The Morgan fingerprint density at radius 2 is 2.00 bits per heavy atom. The molecule has 0 bridgehead atoms. The molecule has 5 heteroatoms. The van der Waals surface area contributed by atoms with Crippen LogP contribution in [0, 0.1) is 0 Å². The first-order valence-corrected chi connectivity index (χ1v) is 7.14. The number of aliphatic hydroxyl groups is 1. The van der Waals surface area contributed by atoms with E-state index in [1.54, 1.807) is 6.20 Å². The number of benzene rings is 1. The van der Waals surface area contributed by atoms with Crippen LogP contribution < -0.4 is 4.90 Å². The van der Waals surface area contributed by atoms with Gasteiger partial charge in [-0.3, -0.25) is 0 Å². The molecule has 1 aliphatic heterocycles. The number of fused-ring (bicyclic) bond motifs is 1. The number of nitrogens with zero attached hydrogens (tertiary/aromatic N) is 4. The van der Waals surface area contributed by atoms with E-state index >= 15 is 0 Å². The number of hydrogen-bond donors (Lipinski definition) is 1. The molecule has 3 heterocycles. The van der Waals surface area contributed by atoms with Crippen LogP contribution in [-0.2, 0) is 0 Å². The molecule has 0 amide bonds. The molecule has 1 fully saturated rings. The van der Waals surface area contributed by atoms with Crippen LogP contribution in [0.3, 0.4) is 0 Å². The van der Waals surface area contributed by atoms with E-state index in [-0.39, 0.29) is 6.10 Å². The van der Waals surface area contributed by atoms with Gasteiger partial charge in [0.15, 0.2) is 5.65 Å². The van der Waals surface area contributed by atoms with Crippen molar-refractivity contribution < 1.29 is 5.11 Å². The molecule has 3 aromatic rings. The molecule has 4 rings (SSSR count). The summed E-state index contributed by atoms with van der Waals surface area (Å²) < 4.78 is 1.84. The maximum atomic E-state index is 9.78. The van der Waals surface area contributed by atoms with E-state index in [1.807, 2.05) is 34.8 Å². The van der Waals surface area contributed by atoms with E-state index in [2.05, 4.69) is 27.1 Å². The highest BCUT2D eigenvalue weighted by atomic mass is 16.3. The Bertz CT molecular complexity index is 768. The molecule has 106 valence electrons. The summed E-state index contributed by atoms with van der Waals surface area (Å²) in [6, 6.07) is 14.1. The van der Waals surface area contributed by atoms with Crippen LogP contribution in [-0.4, -0.2) is 38.9 Å². The Balaban J connectivity index is 1.87. The Kier molecular flexibility index (Phi) is 2.86. The Labute approximate surface area is 122 Å². The van der Waals surface area contributed by atoms with E-state index in [1.165, 1.54) is 0 Å². The van der Waals surface area contributed by atoms with Crippen LogP contribution in [0.5, 0.6) is 0 Å². The average Bonchev–Trinajstić information content (AvgIpc) is 3.15. The lowest BCUT2D eigenvalue weighted by molar-refractivity contribution is 0.198. The summed E-state index contributed by atoms with van der Waals surface area (Å²) in [6.45, 7) is 1.49. The first-order chi connectivity index (χ1) is 10.3. The lowest BCUT2D eigenvalue weighted by Crippen LogP contribution is -2.24. The zero-order valence-electron chi connectivity index (χ0n) is 11.6. The third-order valence-electron chi connectivity index (χ3n) is 3.90. The van der Waals surface area contributed by atoms with Gasteiger partial charge in [0.1, 0.15) is 5.82 Å². The second-order valence-electron chi connectivity index (χ2n) is 5.36. The van der Waals surface area contributed by atoms with Gasteiger partial charge < -0.3 is 10.0 Å². The van der Waals surface area contributed by atoms with Crippen LogP contribution in [0.4, 0.5) is 5.82 Å². The van der Waals surface area contributed by atoms with Crippen molar-refractivity contribution >= 4 is 11.5 Å². The van der Waals surface area contributed by atoms with Gasteiger partial charge in [0.25, 0.3) is 0 Å². The first kappa shape index (κ1) is 12.3. The molecule has 1 aromatic carbocycles. The fraction of sp³-hybridized carbons (Fsp3) is 0.250. The van der Waals surface area contributed by atoms with Crippen LogP contribution >= 0.6 is 0 Å². The summed E-state index contributed by atoms with van der Waals surface area (Å²) >= 11 is 0. The van der Waals surface area contributed by atoms with Crippen LogP contribution in [0.25, 0.3) is 16.9 Å². The van der Waals surface area contributed by atoms with Gasteiger partial charge in [0.2, 0.25) is 0 Å². The van der Waals surface area contributed by atoms with Gasteiger partial charge in [-0.2, -0.15) is 9.61 Å². The molecule has 1 aliphatic rings. The largest absolute Gasteiger partial charge is 0.391 e. The van der Waals surface area contributed by atoms with Gasteiger partial charge in [-0.05, 0) is 6.42 Å². The van der Waals surface area contributed by atoms with Crippen LogP contribution in [0.15, 0.2) is 48.7 Å². The molecule has 1 atom stereocenters. The van der Waals surface area contributed by atoms with Crippen molar-refractivity contribution in [3.63, 3.8) is 0 Å². The molecule has 0 radical (unpaired) electrons. The predicted molar refractivity (Wildman–Crippen MR) is 81.3 cm³/mol. The molecule has 1 saturated heterocycles. The minimum absolute atomic E-state index is 0.260. The topological polar surface area (TPSA) is 53.7 Å². The number of anilines is 1. The van der Waals surface area contributed by atoms with Gasteiger partial charge in [0, 0.05) is 30.8 Å². The molecule has 1 N–H and O–H groups in total. The van der Waals surface area contributed by atoms with Gasteiger partial charge >= 0.3 is 0 Å². The first-order valence-electron chi connectivity index (χ1n) is 7.14. The SMILES string of the molecule is OC1CCN(c2cc(-c3ccccc3)nc3ccnn23)C1. The number of aromatic nitrogens is 3. The molecule has 0 aliphatic carbocycles. The Morgan fingerprint density at radius 3 is 2.76 bits per heavy atom. The third-order valence-corrected chi connectivity index (χ3v) is 3.90. The van der Waals surface area contributed by atoms with Gasteiger partial charge in [-0.15, -0.1) is 0 Å². The number of aliphatic hydroxyl groups excluding tert-OH is 1. The smallest absolute Gasteiger partial charge is 0.157 e. The van der Waals surface area contributed by atoms with E-state index in [4.69, 9.17) is 0 Å². The van der Waals surface area contributed by atoms with Crippen molar-refractivity contribution in [1.82, 2.24) is 14.6 Å². The third kappa shape index (κ3) is 2.15. The maximum Gasteiger partial charge on any atom is 0.157 e. The van der Waals surface area contributed by atoms with E-state index < -0.39 is 0 Å². The fourth-order valence-corrected chi connectivity index (χ4v) is 2.83. The fourth-order valence-electron chi connectivity index (χ4n) is 2.83. The summed E-state index contributed by atoms with van der Waals surface area (Å²) in [5.41, 5.74) is 2.84. The van der Waals surface area contributed by atoms with E-state index in [0.29, 0.717) is 6.54 Å². The lowest BCUT2D eigenvalue weighted by atomic mass is 10.1. The van der Waals surface area contributed by atoms with Crippen molar-refractivity contribution in [2.75, 3.05) is 18.0 Å². The quantitative estimate of drug-likeness (QED) is 0.779. The average molecular weight is 280 g/mol. The highest BCUT2D eigenvalue weighted by Gasteiger charge is 2.23. The van der Waals surface area contributed by atoms with Crippen molar-refractivity contribution in [3.8, 4) is 11.3 Å². The lowest BCUT2D eigenvalue weighted by Gasteiger charge is -2.19. The number of rotatable bonds is 2. The van der Waals surface area contributed by atoms with Crippen molar-refractivity contribution in [2.45, 2.75) is 12.5 Å². The minimum atomic E-state index is -0.260. The van der Waals surface area contributed by atoms with Crippen molar-refractivity contribution in [3.05, 3.63) is 48.7 Å². The number of hydrogen-bond acceptors (Lipinski definition) is 4. The highest BCUT2D eigenvalue weighted by molar-refractivity contribution is 5.67. The summed E-state index contributed by atoms with van der Waals surface area (Å²) in [5.74, 6) is 0.986. The van der Waals surface area contributed by atoms with Crippen LogP contribution in [0.2, 0.25) is 0 Å². The zero-order chi connectivity index (χ0) is 14.2. The maximum absolute atomic E-state index is 9.78. The van der Waals surface area contributed by atoms with Gasteiger partial charge in [0.05, 0.1) is 18.0 Å². The monoisotopic (exact) mass is 280 g/mol. The minimum Gasteiger partial charge on any atom is -0.391 e. The van der Waals surface area contributed by atoms with Gasteiger partial charge in [-0.1, -0.05) is 30.3 Å². The predicted octanol–water partition coefficient (Wildman–Crippen LogP) is 1.97. The van der Waals surface area contributed by atoms with E-state index in [0.717, 1.165) is 35.7 Å². The Hall–Kier alpha value is -2.40. The van der Waals surface area contributed by atoms with Crippen molar-refractivity contribution in [1.29, 1.82) is 0 Å². The number of β-amino-alcohol motifs (C(OH)–C–C–N with tert-alkyl or cyclic N) is 1. The summed E-state index contributed by atoms with van der Waals surface area (Å²) in [7, 11) is 0. The second kappa shape index (κ2) is 4.86. The molecular formula is C16H16N4O. The second-order valence-corrected chi connectivity index (χ2v) is 5.36. The highest BCUT2D eigenvalue weighted by Crippen LogP contribution is 2.26. The summed E-state index contributed by atoms with van der Waals surface area (Å²) in [4.78, 5) is 6.83. The Morgan fingerprint density at radius 1 is 1.14 bits per heavy atom.